The standard InChI is InChI=1S/C20H14BrN/c21-22-18-14-8-7-13-17(18)19(15-9-3-1-4-10-15)20(22)16-11-5-2-6-12-16/h1-14H. The average Bonchev–Trinajstić information content (AvgIpc) is 2.90. The van der Waals surface area contributed by atoms with Crippen LogP contribution in [0.1, 0.15) is 0 Å². The van der Waals surface area contributed by atoms with Crippen LogP contribution in [0.4, 0.5) is 0 Å². The van der Waals surface area contributed by atoms with Crippen molar-refractivity contribution in [3.63, 3.8) is 0 Å². The Bertz CT molecular complexity index is 924. The van der Waals surface area contributed by atoms with Gasteiger partial charge >= 0.3 is 0 Å². The highest BCUT2D eigenvalue weighted by atomic mass is 79.9. The summed E-state index contributed by atoms with van der Waals surface area (Å²) in [5.41, 5.74) is 6.07. The highest BCUT2D eigenvalue weighted by molar-refractivity contribution is 9.08. The van der Waals surface area contributed by atoms with Crippen molar-refractivity contribution in [2.45, 2.75) is 0 Å². The lowest BCUT2D eigenvalue weighted by Crippen LogP contribution is -1.86. The number of nitrogens with zero attached hydrogens (tertiary/aromatic N) is 1. The Morgan fingerprint density at radius 3 is 1.82 bits per heavy atom. The van der Waals surface area contributed by atoms with Crippen LogP contribution in [0.3, 0.4) is 0 Å². The lowest BCUT2D eigenvalue weighted by molar-refractivity contribution is 1.38. The second kappa shape index (κ2) is 5.47. The monoisotopic (exact) mass is 347 g/mol. The maximum atomic E-state index is 3.75. The Morgan fingerprint density at radius 1 is 0.591 bits per heavy atom. The number of hydrogen-bond donors (Lipinski definition) is 0. The number of aromatic nitrogens is 1. The summed E-state index contributed by atoms with van der Waals surface area (Å²) in [4.78, 5) is 0. The first kappa shape index (κ1) is 13.4. The van der Waals surface area contributed by atoms with E-state index in [-0.39, 0.29) is 0 Å². The van der Waals surface area contributed by atoms with Crippen LogP contribution in [0.2, 0.25) is 0 Å². The van der Waals surface area contributed by atoms with Gasteiger partial charge in [0.2, 0.25) is 0 Å². The Labute approximate surface area is 138 Å². The van der Waals surface area contributed by atoms with E-state index >= 15 is 0 Å². The molecule has 1 aromatic heterocycles. The molecule has 22 heavy (non-hydrogen) atoms. The third-order valence-corrected chi connectivity index (χ3v) is 4.66. The summed E-state index contributed by atoms with van der Waals surface area (Å²) in [6, 6.07) is 29.6. The van der Waals surface area contributed by atoms with E-state index in [9.17, 15) is 0 Å². The molecule has 0 aliphatic rings. The minimum Gasteiger partial charge on any atom is -0.275 e. The Balaban J connectivity index is 2.14. The second-order valence-electron chi connectivity index (χ2n) is 5.25. The largest absolute Gasteiger partial charge is 0.275 e. The van der Waals surface area contributed by atoms with Crippen LogP contribution in [-0.2, 0) is 0 Å². The number of rotatable bonds is 2. The molecule has 106 valence electrons. The molecule has 0 saturated carbocycles. The van der Waals surface area contributed by atoms with E-state index in [1.54, 1.807) is 0 Å². The molecule has 0 aliphatic heterocycles. The Hall–Kier alpha value is -2.32. The molecule has 0 amide bonds. The van der Waals surface area contributed by atoms with Gasteiger partial charge in [-0.05, 0) is 17.2 Å². The van der Waals surface area contributed by atoms with Crippen LogP contribution in [0, 0.1) is 0 Å². The van der Waals surface area contributed by atoms with Crippen molar-refractivity contribution in [1.82, 2.24) is 3.59 Å². The molecular weight excluding hydrogens is 334 g/mol. The highest BCUT2D eigenvalue weighted by Gasteiger charge is 2.18. The average molecular weight is 348 g/mol. The molecular formula is C20H14BrN. The summed E-state index contributed by atoms with van der Waals surface area (Å²) < 4.78 is 2.11. The predicted molar refractivity (Wildman–Crippen MR) is 97.1 cm³/mol. The molecule has 0 fully saturated rings. The van der Waals surface area contributed by atoms with Crippen LogP contribution in [0.5, 0.6) is 0 Å². The fraction of sp³-hybridized carbons (Fsp3) is 0. The molecule has 0 spiro atoms. The number of halogens is 1. The quantitative estimate of drug-likeness (QED) is 0.410. The zero-order valence-electron chi connectivity index (χ0n) is 11.9. The van der Waals surface area contributed by atoms with Gasteiger partial charge in [0, 0.05) is 10.9 Å². The van der Waals surface area contributed by atoms with E-state index in [1.165, 1.54) is 33.3 Å². The first-order chi connectivity index (χ1) is 10.9. The van der Waals surface area contributed by atoms with Crippen LogP contribution in [0.25, 0.3) is 33.3 Å². The summed E-state index contributed by atoms with van der Waals surface area (Å²) in [6.07, 6.45) is 0. The van der Waals surface area contributed by atoms with Gasteiger partial charge in [-0.15, -0.1) is 0 Å². The normalized spacial score (nSPS) is 11.0. The van der Waals surface area contributed by atoms with E-state index in [1.807, 2.05) is 6.07 Å². The molecule has 1 nitrogen and oxygen atoms in total. The molecule has 0 bridgehead atoms. The van der Waals surface area contributed by atoms with Gasteiger partial charge in [0.05, 0.1) is 27.4 Å². The van der Waals surface area contributed by atoms with Gasteiger partial charge in [-0.25, -0.2) is 0 Å². The Morgan fingerprint density at radius 2 is 1.14 bits per heavy atom. The third kappa shape index (κ3) is 2.08. The molecule has 4 rings (SSSR count). The lowest BCUT2D eigenvalue weighted by Gasteiger charge is -2.07. The van der Waals surface area contributed by atoms with Crippen molar-refractivity contribution in [1.29, 1.82) is 0 Å². The molecule has 0 radical (unpaired) electrons. The maximum absolute atomic E-state index is 3.75. The summed E-state index contributed by atoms with van der Waals surface area (Å²) in [5, 5.41) is 1.25. The maximum Gasteiger partial charge on any atom is 0.0683 e. The molecule has 2 heteroatoms. The SMILES string of the molecule is Brn1c(-c2ccccc2)c(-c2ccccc2)c2ccccc21. The van der Waals surface area contributed by atoms with E-state index in [2.05, 4.69) is 98.6 Å². The van der Waals surface area contributed by atoms with Crippen molar-refractivity contribution < 1.29 is 0 Å². The molecule has 0 saturated heterocycles. The van der Waals surface area contributed by atoms with E-state index < -0.39 is 0 Å². The van der Waals surface area contributed by atoms with E-state index in [4.69, 9.17) is 0 Å². The molecule has 4 aromatic rings. The van der Waals surface area contributed by atoms with Gasteiger partial charge < -0.3 is 0 Å². The number of benzene rings is 3. The molecule has 0 aliphatic carbocycles. The van der Waals surface area contributed by atoms with Crippen molar-refractivity contribution in [2.24, 2.45) is 0 Å². The fourth-order valence-corrected chi connectivity index (χ4v) is 3.64. The second-order valence-corrected chi connectivity index (χ2v) is 5.96. The van der Waals surface area contributed by atoms with Crippen molar-refractivity contribution in [3.8, 4) is 22.4 Å². The molecule has 0 N–H and O–H groups in total. The van der Waals surface area contributed by atoms with E-state index in [0.717, 1.165) is 0 Å². The van der Waals surface area contributed by atoms with Crippen LogP contribution in [0.15, 0.2) is 84.9 Å². The van der Waals surface area contributed by atoms with Crippen molar-refractivity contribution in [3.05, 3.63) is 84.9 Å². The smallest absolute Gasteiger partial charge is 0.0683 e. The van der Waals surface area contributed by atoms with Gasteiger partial charge in [0.15, 0.2) is 0 Å². The molecule has 0 unspecified atom stereocenters. The minimum absolute atomic E-state index is 1.18. The minimum atomic E-state index is 1.18. The zero-order valence-corrected chi connectivity index (χ0v) is 13.5. The first-order valence-electron chi connectivity index (χ1n) is 7.26. The van der Waals surface area contributed by atoms with Gasteiger partial charge in [-0.1, -0.05) is 78.9 Å². The number of fused-ring (bicyclic) bond motifs is 1. The Kier molecular flexibility index (Phi) is 3.32. The molecule has 1 heterocycles. The molecule has 3 aromatic carbocycles. The number of hydrogen-bond acceptors (Lipinski definition) is 0. The van der Waals surface area contributed by atoms with Gasteiger partial charge in [-0.3, -0.25) is 3.59 Å². The summed E-state index contributed by atoms with van der Waals surface area (Å²) >= 11 is 3.75. The topological polar surface area (TPSA) is 4.93 Å². The molecule has 0 atom stereocenters. The van der Waals surface area contributed by atoms with Crippen molar-refractivity contribution >= 4 is 27.1 Å². The first-order valence-corrected chi connectivity index (χ1v) is 7.97. The predicted octanol–water partition coefficient (Wildman–Crippen LogP) is 6.13. The zero-order chi connectivity index (χ0) is 14.9. The highest BCUT2D eigenvalue weighted by Crippen LogP contribution is 2.41. The van der Waals surface area contributed by atoms with Gasteiger partial charge in [0.25, 0.3) is 0 Å². The van der Waals surface area contributed by atoms with Crippen LogP contribution >= 0.6 is 16.1 Å². The van der Waals surface area contributed by atoms with Crippen molar-refractivity contribution in [2.75, 3.05) is 0 Å². The van der Waals surface area contributed by atoms with E-state index in [0.29, 0.717) is 0 Å². The summed E-state index contributed by atoms with van der Waals surface area (Å²) in [7, 11) is 0. The fourth-order valence-electron chi connectivity index (χ4n) is 2.95. The summed E-state index contributed by atoms with van der Waals surface area (Å²) in [6.45, 7) is 0. The number of para-hydroxylation sites is 1. The van der Waals surface area contributed by atoms with Crippen LogP contribution in [-0.4, -0.2) is 3.59 Å². The van der Waals surface area contributed by atoms with Crippen LogP contribution < -0.4 is 0 Å². The lowest BCUT2D eigenvalue weighted by atomic mass is 9.98. The van der Waals surface area contributed by atoms with Gasteiger partial charge in [0.1, 0.15) is 0 Å². The summed E-state index contributed by atoms with van der Waals surface area (Å²) in [5.74, 6) is 0. The van der Waals surface area contributed by atoms with Gasteiger partial charge in [-0.2, -0.15) is 0 Å². The third-order valence-electron chi connectivity index (χ3n) is 3.93.